The molecular weight excluding hydrogens is 56.0 g/mol. The van der Waals surface area contributed by atoms with Crippen molar-refractivity contribution in [2.45, 2.75) is 0 Å². The molecule has 0 fully saturated rings. The molecule has 26 valence electrons. The van der Waals surface area contributed by atoms with Crippen LogP contribution in [0.1, 0.15) is 0 Å². The van der Waals surface area contributed by atoms with E-state index >= 15 is 0 Å². The topological polar surface area (TPSA) is 61.1 Å². The minimum atomic E-state index is 0.0139. The van der Waals surface area contributed by atoms with E-state index in [2.05, 4.69) is 5.73 Å². The molecule has 0 bridgehead atoms. The highest BCUT2D eigenvalue weighted by atomic mass is 16.5. The zero-order valence-electron chi connectivity index (χ0n) is 2.19. The Balaban J connectivity index is 1.97. The van der Waals surface area contributed by atoms with Crippen molar-refractivity contribution < 1.29 is 0 Å². The lowest BCUT2D eigenvalue weighted by Crippen LogP contribution is -2.13. The van der Waals surface area contributed by atoms with Gasteiger partial charge >= 0.3 is 0 Å². The Morgan fingerprint density at radius 2 is 2.25 bits per heavy atom. The smallest absolute Gasteiger partial charge is 0.0313 e. The molecule has 0 aliphatic heterocycles. The second-order valence-corrected chi connectivity index (χ2v) is 0.348. The van der Waals surface area contributed by atoms with E-state index in [1.165, 1.54) is 5.48 Å². The third kappa shape index (κ3) is 1.88. The number of nitrogens with two attached hydrogens (primary N) is 1. The van der Waals surface area contributed by atoms with Crippen molar-refractivity contribution in [3.8, 4) is 0 Å². The molecule has 0 atom stereocenters. The number of hydrogen-bond acceptors (Lipinski definition) is 3. The first-order valence-corrected chi connectivity index (χ1v) is 0.966. The third-order valence-corrected chi connectivity index (χ3v) is 0.0833. The van der Waals surface area contributed by atoms with Crippen LogP contribution in [-0.2, 0) is 0 Å². The Morgan fingerprint density at radius 1 is 2.00 bits per heavy atom. The Bertz CT molecular complexity index is 8.00. The van der Waals surface area contributed by atoms with E-state index in [0.29, 0.717) is 0 Å². The lowest BCUT2D eigenvalue weighted by Gasteiger charge is -1.96. The first-order chi connectivity index (χ1) is 1.91. The fourth-order valence-corrected chi connectivity index (χ4v) is 0. The zero-order chi connectivity index (χ0) is 3.41. The molecule has 0 aromatic heterocycles. The van der Waals surface area contributed by atoms with E-state index in [4.69, 9.17) is 5.21 Å². The van der Waals surface area contributed by atoms with Crippen molar-refractivity contribution in [3.05, 3.63) is 5.21 Å². The third-order valence-electron chi connectivity index (χ3n) is 0.0833. The molecule has 0 amide bonds. The monoisotopic (exact) mass is 61.0 g/mol. The summed E-state index contributed by atoms with van der Waals surface area (Å²) in [5.74, 6) is 0. The van der Waals surface area contributed by atoms with E-state index < -0.39 is 0 Å². The highest BCUT2D eigenvalue weighted by Gasteiger charge is 1.38. The zero-order valence-corrected chi connectivity index (χ0v) is 2.19. The van der Waals surface area contributed by atoms with Crippen molar-refractivity contribution >= 4 is 0 Å². The maximum Gasteiger partial charge on any atom is 0.0313 e. The van der Waals surface area contributed by atoms with Gasteiger partial charge in [-0.15, -0.1) is 0 Å². The summed E-state index contributed by atoms with van der Waals surface area (Å²) in [6, 6.07) is 0. The Hall–Kier alpha value is -0.120. The maximum absolute atomic E-state index is 8.92. The summed E-state index contributed by atoms with van der Waals surface area (Å²) in [5.41, 5.74) is 6.06. The highest BCUT2D eigenvalue weighted by Crippen LogP contribution is 1.20. The van der Waals surface area contributed by atoms with Gasteiger partial charge in [0, 0.05) is 6.67 Å². The Labute approximate surface area is 24.4 Å². The molecule has 0 unspecified atom stereocenters. The highest BCUT2D eigenvalue weighted by molar-refractivity contribution is 4.27. The van der Waals surface area contributed by atoms with Gasteiger partial charge in [0.2, 0.25) is 0 Å². The Morgan fingerprint density at radius 3 is 2.25 bits per heavy atom. The fraction of sp³-hybridized carbons (Fsp3) is 1.00. The molecule has 0 aliphatic rings. The van der Waals surface area contributed by atoms with Gasteiger partial charge in [0.15, 0.2) is 0 Å². The standard InChI is InChI=1S/CH5N2O/c2-1-3-4/h3H,1-2H2/q-1. The molecule has 0 spiro atoms. The van der Waals surface area contributed by atoms with Gasteiger partial charge in [-0.2, -0.15) is 0 Å². The molecule has 0 aliphatic carbocycles. The van der Waals surface area contributed by atoms with Crippen LogP contribution in [0, 0.1) is 5.21 Å². The lowest BCUT2D eigenvalue weighted by atomic mass is 11.3. The molecule has 0 aromatic carbocycles. The van der Waals surface area contributed by atoms with Gasteiger partial charge in [-0.25, -0.2) is 0 Å². The number of nitrogens with one attached hydrogen (secondary N) is 1. The van der Waals surface area contributed by atoms with Crippen molar-refractivity contribution in [2.75, 3.05) is 6.67 Å². The number of hydroxylamine groups is 1. The summed E-state index contributed by atoms with van der Waals surface area (Å²) < 4.78 is 0. The van der Waals surface area contributed by atoms with Gasteiger partial charge < -0.3 is 16.4 Å². The van der Waals surface area contributed by atoms with Gasteiger partial charge in [0.25, 0.3) is 0 Å². The summed E-state index contributed by atoms with van der Waals surface area (Å²) in [6.45, 7) is 0.0139. The molecule has 4 heavy (non-hydrogen) atoms. The van der Waals surface area contributed by atoms with Crippen molar-refractivity contribution in [1.82, 2.24) is 5.48 Å². The normalized spacial score (nSPS) is 7.50. The predicted octanol–water partition coefficient (Wildman–Crippen LogP) is -1.01. The van der Waals surface area contributed by atoms with Crippen molar-refractivity contribution in [1.29, 1.82) is 0 Å². The number of rotatable bonds is 1. The average Bonchev–Trinajstić information content (AvgIpc) is 1.37. The molecule has 0 saturated heterocycles. The summed E-state index contributed by atoms with van der Waals surface area (Å²) in [7, 11) is 0. The summed E-state index contributed by atoms with van der Waals surface area (Å²) >= 11 is 0. The Kier molecular flexibility index (Phi) is 2.79. The van der Waals surface area contributed by atoms with Crippen LogP contribution in [0.4, 0.5) is 0 Å². The largest absolute Gasteiger partial charge is 0.787 e. The van der Waals surface area contributed by atoms with E-state index in [-0.39, 0.29) is 6.67 Å². The minimum absolute atomic E-state index is 0.0139. The van der Waals surface area contributed by atoms with E-state index in [1.807, 2.05) is 0 Å². The molecule has 0 saturated carbocycles. The van der Waals surface area contributed by atoms with Gasteiger partial charge in [-0.1, -0.05) is 0 Å². The predicted molar refractivity (Wildman–Crippen MR) is 15.6 cm³/mol. The molecular formula is CH5N2O-. The molecule has 3 N–H and O–H groups in total. The van der Waals surface area contributed by atoms with Crippen molar-refractivity contribution in [2.24, 2.45) is 5.73 Å². The molecule has 3 heteroatoms. The molecule has 0 radical (unpaired) electrons. The van der Waals surface area contributed by atoms with Crippen LogP contribution in [-0.4, -0.2) is 6.67 Å². The second-order valence-electron chi connectivity index (χ2n) is 0.348. The molecule has 3 nitrogen and oxygen atoms in total. The molecule has 0 rings (SSSR count). The average molecular weight is 61.1 g/mol. The second kappa shape index (κ2) is 2.88. The fourth-order valence-electron chi connectivity index (χ4n) is 0. The van der Waals surface area contributed by atoms with Crippen LogP contribution in [0.3, 0.4) is 0 Å². The first-order valence-electron chi connectivity index (χ1n) is 0.966. The van der Waals surface area contributed by atoms with Gasteiger partial charge in [-0.05, 0) is 0 Å². The summed E-state index contributed by atoms with van der Waals surface area (Å²) in [6.07, 6.45) is 0. The van der Waals surface area contributed by atoms with Gasteiger partial charge in [-0.3, -0.25) is 0 Å². The van der Waals surface area contributed by atoms with E-state index in [9.17, 15) is 0 Å². The van der Waals surface area contributed by atoms with Gasteiger partial charge in [0.05, 0.1) is 0 Å². The quantitative estimate of drug-likeness (QED) is 0.301. The van der Waals surface area contributed by atoms with Crippen LogP contribution in [0.5, 0.6) is 0 Å². The van der Waals surface area contributed by atoms with Crippen LogP contribution < -0.4 is 11.2 Å². The first kappa shape index (κ1) is 3.88. The van der Waals surface area contributed by atoms with Crippen LogP contribution in [0.2, 0.25) is 0 Å². The molecule has 0 aromatic rings. The summed E-state index contributed by atoms with van der Waals surface area (Å²) in [4.78, 5) is 0. The van der Waals surface area contributed by atoms with E-state index in [1.54, 1.807) is 0 Å². The number of hydrogen-bond donors (Lipinski definition) is 2. The SMILES string of the molecule is NCN[O-]. The minimum Gasteiger partial charge on any atom is -0.787 e. The summed E-state index contributed by atoms with van der Waals surface area (Å²) in [5, 5.41) is 8.92. The molecule has 0 heterocycles. The van der Waals surface area contributed by atoms with Crippen LogP contribution in [0.25, 0.3) is 0 Å². The van der Waals surface area contributed by atoms with Crippen LogP contribution in [0.15, 0.2) is 0 Å². The van der Waals surface area contributed by atoms with Crippen LogP contribution >= 0.6 is 0 Å². The van der Waals surface area contributed by atoms with E-state index in [0.717, 1.165) is 0 Å². The van der Waals surface area contributed by atoms with Gasteiger partial charge in [0.1, 0.15) is 0 Å². The maximum atomic E-state index is 8.92. The lowest BCUT2D eigenvalue weighted by molar-refractivity contribution is 0.890. The van der Waals surface area contributed by atoms with Crippen molar-refractivity contribution in [3.63, 3.8) is 0 Å².